The van der Waals surface area contributed by atoms with Crippen molar-refractivity contribution in [2.45, 2.75) is 40.0 Å². The molecule has 0 saturated heterocycles. The summed E-state index contributed by atoms with van der Waals surface area (Å²) in [5.41, 5.74) is 3.88. The second-order valence-corrected chi connectivity index (χ2v) is 7.74. The number of fused-ring (bicyclic) bond motifs is 1. The third kappa shape index (κ3) is 6.14. The molecular formula is C25H28N6O. The Morgan fingerprint density at radius 3 is 2.81 bits per heavy atom. The maximum Gasteiger partial charge on any atom is 0.270 e. The number of pyridine rings is 2. The molecule has 0 saturated carbocycles. The number of allylic oxidation sites excluding steroid dienone is 4. The van der Waals surface area contributed by atoms with E-state index >= 15 is 0 Å². The smallest absolute Gasteiger partial charge is 0.270 e. The van der Waals surface area contributed by atoms with Crippen LogP contribution >= 0.6 is 0 Å². The lowest BCUT2D eigenvalue weighted by Gasteiger charge is -2.13. The number of carbonyl (C=O) groups is 1. The number of nitrogens with zero attached hydrogens (tertiary/aromatic N) is 4. The first-order valence-corrected chi connectivity index (χ1v) is 10.7. The van der Waals surface area contributed by atoms with E-state index in [1.165, 1.54) is 5.57 Å². The van der Waals surface area contributed by atoms with Gasteiger partial charge in [0.25, 0.3) is 5.91 Å². The number of anilines is 1. The Labute approximate surface area is 188 Å². The zero-order valence-electron chi connectivity index (χ0n) is 18.7. The zero-order chi connectivity index (χ0) is 22.9. The minimum absolute atomic E-state index is 0.0529. The second kappa shape index (κ2) is 11.0. The molecule has 7 nitrogen and oxygen atoms in total. The molecule has 7 heteroatoms. The maximum atomic E-state index is 12.6. The maximum absolute atomic E-state index is 12.6. The van der Waals surface area contributed by atoms with Gasteiger partial charge in [-0.3, -0.25) is 20.2 Å². The third-order valence-electron chi connectivity index (χ3n) is 5.12. The molecule has 0 unspecified atom stereocenters. The molecule has 1 atom stereocenters. The normalized spacial score (nSPS) is 12.8. The van der Waals surface area contributed by atoms with Crippen LogP contribution in [0.1, 0.15) is 40.0 Å². The fraction of sp³-hybridized carbons (Fsp3) is 0.280. The lowest BCUT2D eigenvalue weighted by atomic mass is 9.96. The van der Waals surface area contributed by atoms with E-state index in [2.05, 4.69) is 38.3 Å². The Morgan fingerprint density at radius 2 is 2.06 bits per heavy atom. The highest BCUT2D eigenvalue weighted by Gasteiger charge is 2.18. The van der Waals surface area contributed by atoms with Crippen molar-refractivity contribution in [3.63, 3.8) is 0 Å². The highest BCUT2D eigenvalue weighted by molar-refractivity contribution is 6.42. The SMILES string of the molecule is C/C=C\C=C(/C)CCC[C@@H](C)C(=N)C(=O)Nc1ccc2ncc(-c3cccnc3)nc2n1. The Bertz CT molecular complexity index is 1150. The van der Waals surface area contributed by atoms with Crippen molar-refractivity contribution in [2.75, 3.05) is 5.32 Å². The Morgan fingerprint density at radius 1 is 1.22 bits per heavy atom. The summed E-state index contributed by atoms with van der Waals surface area (Å²) in [7, 11) is 0. The number of nitrogens with one attached hydrogen (secondary N) is 2. The van der Waals surface area contributed by atoms with Crippen molar-refractivity contribution in [3.05, 3.63) is 66.7 Å². The van der Waals surface area contributed by atoms with E-state index in [-0.39, 0.29) is 11.6 Å². The molecule has 164 valence electrons. The second-order valence-electron chi connectivity index (χ2n) is 7.74. The van der Waals surface area contributed by atoms with E-state index in [1.807, 2.05) is 38.1 Å². The van der Waals surface area contributed by atoms with Crippen molar-refractivity contribution in [3.8, 4) is 11.3 Å². The van der Waals surface area contributed by atoms with Gasteiger partial charge in [-0.2, -0.15) is 0 Å². The van der Waals surface area contributed by atoms with Gasteiger partial charge in [0.1, 0.15) is 11.3 Å². The summed E-state index contributed by atoms with van der Waals surface area (Å²) < 4.78 is 0. The fourth-order valence-electron chi connectivity index (χ4n) is 3.20. The summed E-state index contributed by atoms with van der Waals surface area (Å²) in [6.07, 6.45) is 13.9. The first kappa shape index (κ1) is 22.9. The highest BCUT2D eigenvalue weighted by atomic mass is 16.1. The van der Waals surface area contributed by atoms with Crippen molar-refractivity contribution >= 4 is 28.6 Å². The van der Waals surface area contributed by atoms with Crippen molar-refractivity contribution in [1.29, 1.82) is 5.41 Å². The van der Waals surface area contributed by atoms with Crippen LogP contribution in [0.3, 0.4) is 0 Å². The van der Waals surface area contributed by atoms with Gasteiger partial charge in [-0.25, -0.2) is 9.97 Å². The Kier molecular flexibility index (Phi) is 7.91. The number of amides is 1. The fourth-order valence-corrected chi connectivity index (χ4v) is 3.20. The number of hydrogen-bond acceptors (Lipinski definition) is 6. The molecule has 0 spiro atoms. The van der Waals surface area contributed by atoms with E-state index < -0.39 is 5.91 Å². The third-order valence-corrected chi connectivity index (χ3v) is 5.12. The summed E-state index contributed by atoms with van der Waals surface area (Å²) in [4.78, 5) is 30.0. The molecule has 32 heavy (non-hydrogen) atoms. The van der Waals surface area contributed by atoms with E-state index in [1.54, 1.807) is 30.7 Å². The van der Waals surface area contributed by atoms with Crippen LogP contribution in [0.2, 0.25) is 0 Å². The number of aromatic nitrogens is 4. The van der Waals surface area contributed by atoms with Crippen LogP contribution < -0.4 is 5.32 Å². The molecule has 3 rings (SSSR count). The summed E-state index contributed by atoms with van der Waals surface area (Å²) in [5, 5.41) is 11.0. The van der Waals surface area contributed by atoms with E-state index in [0.29, 0.717) is 22.7 Å². The predicted octanol–water partition coefficient (Wildman–Crippen LogP) is 5.37. The van der Waals surface area contributed by atoms with Gasteiger partial charge in [-0.1, -0.05) is 30.7 Å². The lowest BCUT2D eigenvalue weighted by molar-refractivity contribution is -0.110. The van der Waals surface area contributed by atoms with Crippen LogP contribution in [0.25, 0.3) is 22.4 Å². The molecule has 3 aromatic heterocycles. The average Bonchev–Trinajstić information content (AvgIpc) is 2.82. The quantitative estimate of drug-likeness (QED) is 0.352. The number of rotatable bonds is 9. The minimum Gasteiger partial charge on any atom is -0.305 e. The van der Waals surface area contributed by atoms with Gasteiger partial charge in [0, 0.05) is 23.9 Å². The Hall–Kier alpha value is -3.74. The highest BCUT2D eigenvalue weighted by Crippen LogP contribution is 2.19. The molecule has 0 aliphatic rings. The molecule has 2 N–H and O–H groups in total. The molecule has 0 radical (unpaired) electrons. The van der Waals surface area contributed by atoms with Gasteiger partial charge < -0.3 is 5.32 Å². The summed E-state index contributed by atoms with van der Waals surface area (Å²) in [6, 6.07) is 7.16. The largest absolute Gasteiger partial charge is 0.305 e. The molecule has 1 amide bonds. The minimum atomic E-state index is -0.443. The molecule has 0 aromatic carbocycles. The summed E-state index contributed by atoms with van der Waals surface area (Å²) >= 11 is 0. The van der Waals surface area contributed by atoms with Crippen molar-refractivity contribution < 1.29 is 4.79 Å². The van der Waals surface area contributed by atoms with Gasteiger partial charge in [0.2, 0.25) is 0 Å². The van der Waals surface area contributed by atoms with E-state index in [9.17, 15) is 4.79 Å². The van der Waals surface area contributed by atoms with Crippen LogP contribution in [0.4, 0.5) is 5.82 Å². The van der Waals surface area contributed by atoms with Gasteiger partial charge in [-0.05, 0) is 57.4 Å². The van der Waals surface area contributed by atoms with Gasteiger partial charge >= 0.3 is 0 Å². The molecule has 3 aromatic rings. The van der Waals surface area contributed by atoms with Gasteiger partial charge in [0.15, 0.2) is 5.65 Å². The zero-order valence-corrected chi connectivity index (χ0v) is 18.7. The van der Waals surface area contributed by atoms with Crippen LogP contribution in [-0.2, 0) is 4.79 Å². The topological polar surface area (TPSA) is 105 Å². The summed E-state index contributed by atoms with van der Waals surface area (Å²) in [5.74, 6) is -0.230. The van der Waals surface area contributed by atoms with Crippen LogP contribution in [0, 0.1) is 11.3 Å². The average molecular weight is 429 g/mol. The molecule has 0 bridgehead atoms. The summed E-state index contributed by atoms with van der Waals surface area (Å²) in [6.45, 7) is 5.99. The molecule has 0 fully saturated rings. The van der Waals surface area contributed by atoms with Crippen molar-refractivity contribution in [2.24, 2.45) is 5.92 Å². The predicted molar refractivity (Wildman–Crippen MR) is 129 cm³/mol. The van der Waals surface area contributed by atoms with Crippen LogP contribution in [-0.4, -0.2) is 31.6 Å². The van der Waals surface area contributed by atoms with E-state index in [4.69, 9.17) is 5.41 Å². The molecule has 3 heterocycles. The van der Waals surface area contributed by atoms with E-state index in [0.717, 1.165) is 24.8 Å². The number of carbonyl (C=O) groups excluding carboxylic acids is 1. The lowest BCUT2D eigenvalue weighted by Crippen LogP contribution is -2.28. The van der Waals surface area contributed by atoms with Gasteiger partial charge in [-0.15, -0.1) is 0 Å². The standard InChI is InChI=1S/C25H28N6O/c1-4-5-8-17(2)9-6-10-18(3)23(26)25(32)31-22-13-12-20-24(30-22)29-21(16-28-20)19-11-7-14-27-15-19/h4-5,7-8,11-16,18,26H,6,9-10H2,1-3H3,(H,29,30,31,32)/b5-4-,17-8+,26-23?/t18-/m1/s1. The monoisotopic (exact) mass is 428 g/mol. The molecule has 0 aliphatic carbocycles. The Balaban J connectivity index is 1.63. The van der Waals surface area contributed by atoms with Crippen LogP contribution in [0.15, 0.2) is 66.7 Å². The van der Waals surface area contributed by atoms with Gasteiger partial charge in [0.05, 0.1) is 17.6 Å². The first-order chi connectivity index (χ1) is 15.5. The molecular weight excluding hydrogens is 400 g/mol. The van der Waals surface area contributed by atoms with Crippen molar-refractivity contribution in [1.82, 2.24) is 19.9 Å². The molecule has 0 aliphatic heterocycles. The first-order valence-electron chi connectivity index (χ1n) is 10.7. The van der Waals surface area contributed by atoms with Crippen LogP contribution in [0.5, 0.6) is 0 Å². The number of hydrogen-bond donors (Lipinski definition) is 2.